The predicted molar refractivity (Wildman–Crippen MR) is 82.9 cm³/mol. The van der Waals surface area contributed by atoms with E-state index in [2.05, 4.69) is 21.2 Å². The molecule has 2 aromatic carbocycles. The van der Waals surface area contributed by atoms with Crippen LogP contribution in [0.5, 0.6) is 0 Å². The standard InChI is InChI=1S/C13H9BrCl3N/c14-13-10(16)2-1-3-12(13)18-7-8-4-5-9(15)11(17)6-8/h1-6,18H,7H2. The molecule has 0 unspecified atom stereocenters. The van der Waals surface area contributed by atoms with E-state index in [4.69, 9.17) is 34.8 Å². The van der Waals surface area contributed by atoms with Crippen molar-refractivity contribution in [2.24, 2.45) is 0 Å². The SMILES string of the molecule is Clc1ccc(CNc2cccc(Cl)c2Br)cc1Cl. The van der Waals surface area contributed by atoms with E-state index in [-0.39, 0.29) is 0 Å². The van der Waals surface area contributed by atoms with Crippen molar-refractivity contribution in [1.29, 1.82) is 0 Å². The molecular weight excluding hydrogens is 356 g/mol. The molecule has 18 heavy (non-hydrogen) atoms. The highest BCUT2D eigenvalue weighted by Gasteiger charge is 2.04. The molecule has 0 fully saturated rings. The predicted octanol–water partition coefficient (Wildman–Crippen LogP) is 6.02. The van der Waals surface area contributed by atoms with Gasteiger partial charge in [0.2, 0.25) is 0 Å². The summed E-state index contributed by atoms with van der Waals surface area (Å²) < 4.78 is 0.853. The van der Waals surface area contributed by atoms with Gasteiger partial charge in [-0.2, -0.15) is 0 Å². The summed E-state index contributed by atoms with van der Waals surface area (Å²) >= 11 is 21.3. The second kappa shape index (κ2) is 6.16. The first-order valence-corrected chi connectivity index (χ1v) is 7.12. The Morgan fingerprint density at radius 3 is 2.44 bits per heavy atom. The van der Waals surface area contributed by atoms with Crippen LogP contribution in [-0.2, 0) is 6.54 Å². The summed E-state index contributed by atoms with van der Waals surface area (Å²) in [5, 5.41) is 5.07. The third-order valence-electron chi connectivity index (χ3n) is 2.42. The minimum absolute atomic E-state index is 0.557. The minimum Gasteiger partial charge on any atom is -0.380 e. The second-order valence-corrected chi connectivity index (χ2v) is 5.72. The summed E-state index contributed by atoms with van der Waals surface area (Å²) in [4.78, 5) is 0. The Balaban J connectivity index is 2.11. The van der Waals surface area contributed by atoms with Gasteiger partial charge in [0.15, 0.2) is 0 Å². The zero-order valence-electron chi connectivity index (χ0n) is 9.18. The van der Waals surface area contributed by atoms with E-state index in [1.807, 2.05) is 30.3 Å². The first kappa shape index (κ1) is 14.0. The van der Waals surface area contributed by atoms with E-state index < -0.39 is 0 Å². The maximum atomic E-state index is 6.02. The fourth-order valence-electron chi connectivity index (χ4n) is 1.49. The molecule has 1 nitrogen and oxygen atoms in total. The molecule has 0 amide bonds. The molecule has 0 spiro atoms. The van der Waals surface area contributed by atoms with Crippen molar-refractivity contribution in [1.82, 2.24) is 0 Å². The van der Waals surface area contributed by atoms with Crippen molar-refractivity contribution < 1.29 is 0 Å². The molecule has 94 valence electrons. The van der Waals surface area contributed by atoms with Gasteiger partial charge in [-0.3, -0.25) is 0 Å². The molecule has 0 heterocycles. The summed E-state index contributed by atoms with van der Waals surface area (Å²) in [6.07, 6.45) is 0. The van der Waals surface area contributed by atoms with Crippen LogP contribution >= 0.6 is 50.7 Å². The first-order valence-electron chi connectivity index (χ1n) is 5.20. The van der Waals surface area contributed by atoms with Crippen LogP contribution in [0.4, 0.5) is 5.69 Å². The molecule has 0 aliphatic carbocycles. The molecule has 0 aromatic heterocycles. The molecule has 0 aliphatic heterocycles. The van der Waals surface area contributed by atoms with Gasteiger partial charge in [-0.15, -0.1) is 0 Å². The Labute approximate surface area is 129 Å². The van der Waals surface area contributed by atoms with E-state index in [0.29, 0.717) is 21.6 Å². The highest BCUT2D eigenvalue weighted by Crippen LogP contribution is 2.30. The molecule has 0 bridgehead atoms. The molecule has 0 aliphatic rings. The molecule has 0 atom stereocenters. The van der Waals surface area contributed by atoms with Crippen LogP contribution < -0.4 is 5.32 Å². The zero-order valence-corrected chi connectivity index (χ0v) is 13.0. The molecule has 0 radical (unpaired) electrons. The van der Waals surface area contributed by atoms with Crippen molar-refractivity contribution >= 4 is 56.4 Å². The Morgan fingerprint density at radius 1 is 0.944 bits per heavy atom. The van der Waals surface area contributed by atoms with Gasteiger partial charge in [-0.05, 0) is 45.8 Å². The van der Waals surface area contributed by atoms with Gasteiger partial charge in [0.05, 0.1) is 25.2 Å². The normalized spacial score (nSPS) is 10.4. The number of hydrogen-bond donors (Lipinski definition) is 1. The van der Waals surface area contributed by atoms with Crippen LogP contribution in [0.25, 0.3) is 0 Å². The van der Waals surface area contributed by atoms with Gasteiger partial charge in [-0.25, -0.2) is 0 Å². The lowest BCUT2D eigenvalue weighted by Crippen LogP contribution is -2.00. The van der Waals surface area contributed by atoms with Crippen LogP contribution in [0, 0.1) is 0 Å². The van der Waals surface area contributed by atoms with Crippen LogP contribution in [0.1, 0.15) is 5.56 Å². The Bertz CT molecular complexity index is 572. The summed E-state index contributed by atoms with van der Waals surface area (Å²) in [6, 6.07) is 11.2. The van der Waals surface area contributed by atoms with Gasteiger partial charge in [0, 0.05) is 6.54 Å². The number of halogens is 4. The first-order chi connectivity index (χ1) is 8.58. The van der Waals surface area contributed by atoms with Crippen molar-refractivity contribution in [3.63, 3.8) is 0 Å². The maximum Gasteiger partial charge on any atom is 0.0595 e. The maximum absolute atomic E-state index is 6.02. The summed E-state index contributed by atoms with van der Waals surface area (Å²) in [6.45, 7) is 0.649. The van der Waals surface area contributed by atoms with E-state index in [0.717, 1.165) is 15.7 Å². The van der Waals surface area contributed by atoms with Crippen molar-refractivity contribution in [2.45, 2.75) is 6.54 Å². The van der Waals surface area contributed by atoms with Gasteiger partial charge < -0.3 is 5.32 Å². The van der Waals surface area contributed by atoms with Gasteiger partial charge in [0.1, 0.15) is 0 Å². The lowest BCUT2D eigenvalue weighted by molar-refractivity contribution is 1.15. The molecule has 2 aromatic rings. The summed E-state index contributed by atoms with van der Waals surface area (Å²) in [5.41, 5.74) is 1.99. The summed E-state index contributed by atoms with van der Waals surface area (Å²) in [7, 11) is 0. The lowest BCUT2D eigenvalue weighted by atomic mass is 10.2. The van der Waals surface area contributed by atoms with Gasteiger partial charge >= 0.3 is 0 Å². The number of anilines is 1. The molecule has 0 saturated carbocycles. The number of hydrogen-bond acceptors (Lipinski definition) is 1. The van der Waals surface area contributed by atoms with Crippen LogP contribution in [0.3, 0.4) is 0 Å². The van der Waals surface area contributed by atoms with Gasteiger partial charge in [0.25, 0.3) is 0 Å². The largest absolute Gasteiger partial charge is 0.380 e. The molecule has 0 saturated heterocycles. The van der Waals surface area contributed by atoms with E-state index in [1.165, 1.54) is 0 Å². The Morgan fingerprint density at radius 2 is 1.72 bits per heavy atom. The van der Waals surface area contributed by atoms with Crippen LogP contribution in [-0.4, -0.2) is 0 Å². The monoisotopic (exact) mass is 363 g/mol. The van der Waals surface area contributed by atoms with Gasteiger partial charge in [-0.1, -0.05) is 46.9 Å². The second-order valence-electron chi connectivity index (χ2n) is 3.70. The fraction of sp³-hybridized carbons (Fsp3) is 0.0769. The van der Waals surface area contributed by atoms with Crippen molar-refractivity contribution in [3.05, 3.63) is 61.5 Å². The molecule has 5 heteroatoms. The average Bonchev–Trinajstić information content (AvgIpc) is 2.35. The number of rotatable bonds is 3. The smallest absolute Gasteiger partial charge is 0.0595 e. The number of benzene rings is 2. The quantitative estimate of drug-likeness (QED) is 0.701. The van der Waals surface area contributed by atoms with Crippen molar-refractivity contribution in [2.75, 3.05) is 5.32 Å². The topological polar surface area (TPSA) is 12.0 Å². The third kappa shape index (κ3) is 3.33. The average molecular weight is 365 g/mol. The Kier molecular flexibility index (Phi) is 4.79. The zero-order chi connectivity index (χ0) is 13.1. The van der Waals surface area contributed by atoms with E-state index in [1.54, 1.807) is 6.07 Å². The third-order valence-corrected chi connectivity index (χ3v) is 4.56. The molecular formula is C13H9BrCl3N. The lowest BCUT2D eigenvalue weighted by Gasteiger charge is -2.10. The highest BCUT2D eigenvalue weighted by atomic mass is 79.9. The Hall–Kier alpha value is -0.410. The van der Waals surface area contributed by atoms with Crippen LogP contribution in [0.15, 0.2) is 40.9 Å². The minimum atomic E-state index is 0.557. The van der Waals surface area contributed by atoms with Crippen LogP contribution in [0.2, 0.25) is 15.1 Å². The molecule has 1 N–H and O–H groups in total. The highest BCUT2D eigenvalue weighted by molar-refractivity contribution is 9.10. The van der Waals surface area contributed by atoms with Crippen molar-refractivity contribution in [3.8, 4) is 0 Å². The number of nitrogens with one attached hydrogen (secondary N) is 1. The van der Waals surface area contributed by atoms with E-state index >= 15 is 0 Å². The summed E-state index contributed by atoms with van der Waals surface area (Å²) in [5.74, 6) is 0. The van der Waals surface area contributed by atoms with E-state index in [9.17, 15) is 0 Å². The molecule has 2 rings (SSSR count). The fourth-order valence-corrected chi connectivity index (χ4v) is 2.39.